The van der Waals surface area contributed by atoms with Crippen molar-refractivity contribution in [1.29, 1.82) is 0 Å². The van der Waals surface area contributed by atoms with Crippen LogP contribution in [0.3, 0.4) is 0 Å². The number of ether oxygens (including phenoxy) is 2. The fraction of sp³-hybridized carbons (Fsp3) is 0.522. The van der Waals surface area contributed by atoms with Crippen LogP contribution in [0, 0.1) is 0 Å². The smallest absolute Gasteiger partial charge is 0.191 e. The molecular weight excluding hydrogens is 380 g/mol. The van der Waals surface area contributed by atoms with Gasteiger partial charge in [-0.3, -0.25) is 9.89 Å². The van der Waals surface area contributed by atoms with E-state index < -0.39 is 0 Å². The first-order valence-electron chi connectivity index (χ1n) is 10.9. The Morgan fingerprint density at radius 3 is 2.63 bits per heavy atom. The van der Waals surface area contributed by atoms with Crippen molar-refractivity contribution in [3.05, 3.63) is 54.5 Å². The van der Waals surface area contributed by atoms with E-state index in [-0.39, 0.29) is 0 Å². The van der Waals surface area contributed by atoms with Crippen LogP contribution in [0.15, 0.2) is 58.1 Å². The molecule has 0 spiro atoms. The van der Waals surface area contributed by atoms with Gasteiger partial charge in [0.2, 0.25) is 0 Å². The van der Waals surface area contributed by atoms with Crippen LogP contribution in [0.1, 0.15) is 18.6 Å². The number of hydrogen-bond donors (Lipinski definition) is 2. The van der Waals surface area contributed by atoms with Crippen molar-refractivity contribution in [2.24, 2.45) is 4.99 Å². The molecule has 0 aliphatic carbocycles. The van der Waals surface area contributed by atoms with Crippen LogP contribution in [-0.2, 0) is 11.2 Å². The highest BCUT2D eigenvalue weighted by atomic mass is 16.5. The van der Waals surface area contributed by atoms with Crippen LogP contribution in [0.5, 0.6) is 5.75 Å². The third kappa shape index (κ3) is 8.88. The Morgan fingerprint density at radius 2 is 1.83 bits per heavy atom. The van der Waals surface area contributed by atoms with Gasteiger partial charge in [-0.2, -0.15) is 0 Å². The molecule has 1 aromatic heterocycles. The lowest BCUT2D eigenvalue weighted by Crippen LogP contribution is -2.41. The molecule has 2 N–H and O–H groups in total. The largest absolute Gasteiger partial charge is 0.494 e. The number of para-hydroxylation sites is 1. The summed E-state index contributed by atoms with van der Waals surface area (Å²) in [6.07, 6.45) is 4.49. The van der Waals surface area contributed by atoms with Crippen molar-refractivity contribution < 1.29 is 13.9 Å². The summed E-state index contributed by atoms with van der Waals surface area (Å²) in [6.45, 7) is 7.89. The fourth-order valence-electron chi connectivity index (χ4n) is 3.23. The molecule has 7 nitrogen and oxygen atoms in total. The standard InChI is InChI=1S/C23H34N4O3/c1-2-7-21(8-3-1)30-18-6-12-25-23(26-13-10-22-9-4-17-29-22)24-11-5-14-27-15-19-28-20-16-27/h1-4,7-9,17H,5-6,10-16,18-20H2,(H2,24,25,26). The molecule has 1 aromatic carbocycles. The third-order valence-electron chi connectivity index (χ3n) is 4.88. The molecule has 2 heterocycles. The lowest BCUT2D eigenvalue weighted by Gasteiger charge is -2.26. The monoisotopic (exact) mass is 414 g/mol. The fourth-order valence-corrected chi connectivity index (χ4v) is 3.23. The van der Waals surface area contributed by atoms with Crippen molar-refractivity contribution in [1.82, 2.24) is 15.5 Å². The van der Waals surface area contributed by atoms with Gasteiger partial charge in [0.25, 0.3) is 0 Å². The van der Waals surface area contributed by atoms with Gasteiger partial charge in [0.05, 0.1) is 26.1 Å². The molecule has 1 saturated heterocycles. The second kappa shape index (κ2) is 13.7. The quantitative estimate of drug-likeness (QED) is 0.316. The molecule has 2 aromatic rings. The van der Waals surface area contributed by atoms with E-state index >= 15 is 0 Å². The van der Waals surface area contributed by atoms with Crippen LogP contribution < -0.4 is 15.4 Å². The predicted molar refractivity (Wildman–Crippen MR) is 119 cm³/mol. The van der Waals surface area contributed by atoms with Crippen LogP contribution in [-0.4, -0.2) is 69.9 Å². The average Bonchev–Trinajstić information content (AvgIpc) is 3.31. The minimum Gasteiger partial charge on any atom is -0.494 e. The van der Waals surface area contributed by atoms with Gasteiger partial charge >= 0.3 is 0 Å². The maximum atomic E-state index is 5.75. The van der Waals surface area contributed by atoms with Crippen LogP contribution >= 0.6 is 0 Å². The number of nitrogens with one attached hydrogen (secondary N) is 2. The summed E-state index contributed by atoms with van der Waals surface area (Å²) in [6, 6.07) is 13.8. The Balaban J connectivity index is 1.36. The minimum atomic E-state index is 0.657. The number of nitrogens with zero attached hydrogens (tertiary/aromatic N) is 2. The molecule has 1 aliphatic rings. The van der Waals surface area contributed by atoms with Crippen molar-refractivity contribution in [3.8, 4) is 5.75 Å². The number of furan rings is 1. The topological polar surface area (TPSA) is 71.3 Å². The van der Waals surface area contributed by atoms with E-state index in [9.17, 15) is 0 Å². The Morgan fingerprint density at radius 1 is 1.00 bits per heavy atom. The highest BCUT2D eigenvalue weighted by molar-refractivity contribution is 5.79. The summed E-state index contributed by atoms with van der Waals surface area (Å²) in [7, 11) is 0. The highest BCUT2D eigenvalue weighted by Gasteiger charge is 2.09. The lowest BCUT2D eigenvalue weighted by molar-refractivity contribution is 0.0376. The number of benzene rings is 1. The normalized spacial score (nSPS) is 15.1. The Labute approximate surface area is 179 Å². The molecule has 0 bridgehead atoms. The zero-order valence-corrected chi connectivity index (χ0v) is 17.7. The predicted octanol–water partition coefficient (Wildman–Crippen LogP) is 2.55. The first-order chi connectivity index (χ1) is 14.9. The molecule has 164 valence electrons. The van der Waals surface area contributed by atoms with Gasteiger partial charge < -0.3 is 24.5 Å². The molecule has 0 saturated carbocycles. The molecule has 0 atom stereocenters. The van der Waals surface area contributed by atoms with Gasteiger partial charge in [-0.05, 0) is 37.2 Å². The summed E-state index contributed by atoms with van der Waals surface area (Å²) in [5.41, 5.74) is 0. The Hall–Kier alpha value is -2.51. The van der Waals surface area contributed by atoms with E-state index in [1.165, 1.54) is 0 Å². The second-order valence-corrected chi connectivity index (χ2v) is 7.24. The Kier molecular flexibility index (Phi) is 10.1. The first-order valence-corrected chi connectivity index (χ1v) is 10.9. The molecule has 1 aliphatic heterocycles. The summed E-state index contributed by atoms with van der Waals surface area (Å²) in [5.74, 6) is 2.73. The van der Waals surface area contributed by atoms with Crippen LogP contribution in [0.4, 0.5) is 0 Å². The minimum absolute atomic E-state index is 0.657. The van der Waals surface area contributed by atoms with Gasteiger partial charge in [-0.25, -0.2) is 0 Å². The van der Waals surface area contributed by atoms with Gasteiger partial charge in [-0.15, -0.1) is 0 Å². The number of hydrogen-bond acceptors (Lipinski definition) is 5. The van der Waals surface area contributed by atoms with Crippen LogP contribution in [0.25, 0.3) is 0 Å². The maximum Gasteiger partial charge on any atom is 0.191 e. The zero-order valence-electron chi connectivity index (χ0n) is 17.7. The number of rotatable bonds is 12. The number of aliphatic imine (C=N–C) groups is 1. The van der Waals surface area contributed by atoms with E-state index in [0.29, 0.717) is 13.2 Å². The molecule has 0 unspecified atom stereocenters. The van der Waals surface area contributed by atoms with Crippen LogP contribution in [0.2, 0.25) is 0 Å². The number of guanidine groups is 1. The SMILES string of the molecule is c1ccc(OCCCN=C(NCCCN2CCOCC2)NCCc2ccco2)cc1. The summed E-state index contributed by atoms with van der Waals surface area (Å²) < 4.78 is 16.6. The molecule has 0 radical (unpaired) electrons. The summed E-state index contributed by atoms with van der Waals surface area (Å²) >= 11 is 0. The molecule has 1 fully saturated rings. The lowest BCUT2D eigenvalue weighted by atomic mass is 10.3. The zero-order chi connectivity index (χ0) is 20.7. The summed E-state index contributed by atoms with van der Waals surface area (Å²) in [4.78, 5) is 7.16. The van der Waals surface area contributed by atoms with Crippen molar-refractivity contribution in [2.75, 3.05) is 59.1 Å². The summed E-state index contributed by atoms with van der Waals surface area (Å²) in [5, 5.41) is 6.87. The van der Waals surface area contributed by atoms with E-state index in [2.05, 4.69) is 15.5 Å². The second-order valence-electron chi connectivity index (χ2n) is 7.24. The van der Waals surface area contributed by atoms with E-state index in [1.54, 1.807) is 6.26 Å². The third-order valence-corrected chi connectivity index (χ3v) is 4.88. The maximum absolute atomic E-state index is 5.75. The van der Waals surface area contributed by atoms with Gasteiger partial charge in [-0.1, -0.05) is 18.2 Å². The van der Waals surface area contributed by atoms with E-state index in [4.69, 9.17) is 18.9 Å². The van der Waals surface area contributed by atoms with Crippen molar-refractivity contribution >= 4 is 5.96 Å². The van der Waals surface area contributed by atoms with Gasteiger partial charge in [0, 0.05) is 45.6 Å². The highest BCUT2D eigenvalue weighted by Crippen LogP contribution is 2.08. The van der Waals surface area contributed by atoms with Crippen molar-refractivity contribution in [2.45, 2.75) is 19.3 Å². The van der Waals surface area contributed by atoms with E-state index in [0.717, 1.165) is 82.7 Å². The van der Waals surface area contributed by atoms with Crippen molar-refractivity contribution in [3.63, 3.8) is 0 Å². The molecule has 7 heteroatoms. The number of morpholine rings is 1. The van der Waals surface area contributed by atoms with Gasteiger partial charge in [0.15, 0.2) is 5.96 Å². The van der Waals surface area contributed by atoms with Gasteiger partial charge in [0.1, 0.15) is 11.5 Å². The van der Waals surface area contributed by atoms with E-state index in [1.807, 2.05) is 42.5 Å². The molecular formula is C23H34N4O3. The Bertz CT molecular complexity index is 701. The molecule has 3 rings (SSSR count). The molecule has 30 heavy (non-hydrogen) atoms. The molecule has 0 amide bonds. The first kappa shape index (κ1) is 22.2. The average molecular weight is 415 g/mol.